The van der Waals surface area contributed by atoms with E-state index in [-0.39, 0.29) is 0 Å². The van der Waals surface area contributed by atoms with Gasteiger partial charge in [0.25, 0.3) is 0 Å². The highest BCUT2D eigenvalue weighted by atomic mass is 15.1. The molecule has 1 aromatic carbocycles. The number of nitrogen functional groups attached to an aromatic ring is 1. The van der Waals surface area contributed by atoms with E-state index in [1.807, 2.05) is 6.07 Å². The van der Waals surface area contributed by atoms with Crippen LogP contribution in [-0.2, 0) is 0 Å². The van der Waals surface area contributed by atoms with Gasteiger partial charge in [0, 0.05) is 24.5 Å². The molecule has 0 amide bonds. The molecule has 0 saturated carbocycles. The van der Waals surface area contributed by atoms with E-state index in [1.165, 1.54) is 24.1 Å². The molecule has 1 heterocycles. The summed E-state index contributed by atoms with van der Waals surface area (Å²) in [4.78, 5) is 2.48. The molecule has 0 atom stereocenters. The van der Waals surface area contributed by atoms with Gasteiger partial charge in [-0.1, -0.05) is 19.9 Å². The van der Waals surface area contributed by atoms with Crippen molar-refractivity contribution in [1.82, 2.24) is 0 Å². The number of anilines is 2. The molecular formula is C14H22N2. The third-order valence-corrected chi connectivity index (χ3v) is 3.59. The molecular weight excluding hydrogens is 196 g/mol. The quantitative estimate of drug-likeness (QED) is 0.733. The second-order valence-corrected chi connectivity index (χ2v) is 5.68. The van der Waals surface area contributed by atoms with Crippen LogP contribution in [0, 0.1) is 12.3 Å². The molecule has 16 heavy (non-hydrogen) atoms. The van der Waals surface area contributed by atoms with Crippen molar-refractivity contribution in [2.24, 2.45) is 5.41 Å². The summed E-state index contributed by atoms with van der Waals surface area (Å²) in [5, 5.41) is 0. The molecule has 0 bridgehead atoms. The lowest BCUT2D eigenvalue weighted by molar-refractivity contribution is 0.293. The summed E-state index contributed by atoms with van der Waals surface area (Å²) in [5.41, 5.74) is 9.83. The van der Waals surface area contributed by atoms with Crippen molar-refractivity contribution in [3.63, 3.8) is 0 Å². The summed E-state index contributed by atoms with van der Waals surface area (Å²) in [6, 6.07) is 6.22. The molecule has 1 aliphatic heterocycles. The van der Waals surface area contributed by atoms with Crippen molar-refractivity contribution in [2.45, 2.75) is 33.6 Å². The number of hydrogen-bond donors (Lipinski definition) is 1. The lowest BCUT2D eigenvalue weighted by Gasteiger charge is -2.40. The topological polar surface area (TPSA) is 29.3 Å². The number of nitrogens with zero attached hydrogens (tertiary/aromatic N) is 1. The maximum atomic E-state index is 5.97. The van der Waals surface area contributed by atoms with Crippen molar-refractivity contribution in [2.75, 3.05) is 23.7 Å². The van der Waals surface area contributed by atoms with Gasteiger partial charge in [0.05, 0.1) is 0 Å². The van der Waals surface area contributed by atoms with Gasteiger partial charge in [-0.25, -0.2) is 0 Å². The monoisotopic (exact) mass is 218 g/mol. The first-order valence-electron chi connectivity index (χ1n) is 6.10. The molecule has 2 rings (SSSR count). The van der Waals surface area contributed by atoms with Crippen LogP contribution in [0.1, 0.15) is 32.3 Å². The van der Waals surface area contributed by atoms with Crippen molar-refractivity contribution in [1.29, 1.82) is 0 Å². The highest BCUT2D eigenvalue weighted by molar-refractivity contribution is 5.64. The van der Waals surface area contributed by atoms with Crippen LogP contribution in [0.3, 0.4) is 0 Å². The smallest absolute Gasteiger partial charge is 0.0416 e. The average Bonchev–Trinajstić information content (AvgIpc) is 2.20. The fourth-order valence-corrected chi connectivity index (χ4v) is 2.61. The molecule has 1 aliphatic rings. The van der Waals surface area contributed by atoms with Gasteiger partial charge in [-0.3, -0.25) is 0 Å². The number of benzene rings is 1. The molecule has 2 heteroatoms. The van der Waals surface area contributed by atoms with E-state index in [9.17, 15) is 0 Å². The van der Waals surface area contributed by atoms with Gasteiger partial charge >= 0.3 is 0 Å². The summed E-state index contributed by atoms with van der Waals surface area (Å²) >= 11 is 0. The van der Waals surface area contributed by atoms with Crippen LogP contribution in [0.2, 0.25) is 0 Å². The molecule has 0 spiro atoms. The number of piperidine rings is 1. The molecule has 0 aromatic heterocycles. The second-order valence-electron chi connectivity index (χ2n) is 5.68. The third kappa shape index (κ3) is 2.16. The van der Waals surface area contributed by atoms with Crippen molar-refractivity contribution >= 4 is 11.4 Å². The highest BCUT2D eigenvalue weighted by Crippen LogP contribution is 2.34. The highest BCUT2D eigenvalue weighted by Gasteiger charge is 2.27. The third-order valence-electron chi connectivity index (χ3n) is 3.59. The standard InChI is InChI=1S/C14H22N2/c1-11-12(15)6-4-7-13(11)16-9-5-8-14(2,3)10-16/h4,6-7H,5,8-10,15H2,1-3H3. The molecule has 0 unspecified atom stereocenters. The van der Waals surface area contributed by atoms with Gasteiger partial charge in [-0.05, 0) is 42.9 Å². The maximum absolute atomic E-state index is 5.97. The molecule has 1 aromatic rings. The summed E-state index contributed by atoms with van der Waals surface area (Å²) in [6.07, 6.45) is 2.60. The van der Waals surface area contributed by atoms with E-state index in [1.54, 1.807) is 0 Å². The summed E-state index contributed by atoms with van der Waals surface area (Å²) in [7, 11) is 0. The molecule has 0 aliphatic carbocycles. The Morgan fingerprint density at radius 1 is 1.31 bits per heavy atom. The van der Waals surface area contributed by atoms with Crippen LogP contribution in [0.15, 0.2) is 18.2 Å². The predicted molar refractivity (Wildman–Crippen MR) is 70.8 cm³/mol. The maximum Gasteiger partial charge on any atom is 0.0416 e. The first-order valence-corrected chi connectivity index (χ1v) is 6.10. The summed E-state index contributed by atoms with van der Waals surface area (Å²) in [6.45, 7) is 9.11. The van der Waals surface area contributed by atoms with Crippen LogP contribution in [0.25, 0.3) is 0 Å². The fraction of sp³-hybridized carbons (Fsp3) is 0.571. The fourth-order valence-electron chi connectivity index (χ4n) is 2.61. The Morgan fingerprint density at radius 2 is 2.06 bits per heavy atom. The minimum atomic E-state index is 0.426. The van der Waals surface area contributed by atoms with E-state index < -0.39 is 0 Å². The van der Waals surface area contributed by atoms with Gasteiger partial charge in [0.15, 0.2) is 0 Å². The predicted octanol–water partition coefficient (Wildman–Crippen LogP) is 3.20. The normalized spacial score (nSPS) is 19.8. The van der Waals surface area contributed by atoms with E-state index in [0.29, 0.717) is 5.41 Å². The number of rotatable bonds is 1. The Kier molecular flexibility index (Phi) is 2.83. The number of nitrogens with two attached hydrogens (primary N) is 1. The van der Waals surface area contributed by atoms with Crippen molar-refractivity contribution < 1.29 is 0 Å². The van der Waals surface area contributed by atoms with Crippen LogP contribution >= 0.6 is 0 Å². The van der Waals surface area contributed by atoms with Crippen LogP contribution in [0.5, 0.6) is 0 Å². The first kappa shape index (κ1) is 11.3. The summed E-state index contributed by atoms with van der Waals surface area (Å²) < 4.78 is 0. The van der Waals surface area contributed by atoms with Gasteiger partial charge in [0.1, 0.15) is 0 Å². The van der Waals surface area contributed by atoms with Crippen LogP contribution < -0.4 is 10.6 Å². The van der Waals surface area contributed by atoms with Crippen LogP contribution in [0.4, 0.5) is 11.4 Å². The van der Waals surface area contributed by atoms with Crippen molar-refractivity contribution in [3.8, 4) is 0 Å². The molecule has 1 fully saturated rings. The summed E-state index contributed by atoms with van der Waals surface area (Å²) in [5.74, 6) is 0. The first-order chi connectivity index (χ1) is 7.49. The lowest BCUT2D eigenvalue weighted by Crippen LogP contribution is -2.40. The molecule has 88 valence electrons. The minimum absolute atomic E-state index is 0.426. The second kappa shape index (κ2) is 4.00. The van der Waals surface area contributed by atoms with E-state index in [4.69, 9.17) is 5.73 Å². The average molecular weight is 218 g/mol. The zero-order chi connectivity index (χ0) is 11.8. The molecule has 1 saturated heterocycles. The van der Waals surface area contributed by atoms with Crippen molar-refractivity contribution in [3.05, 3.63) is 23.8 Å². The minimum Gasteiger partial charge on any atom is -0.398 e. The molecule has 2 nitrogen and oxygen atoms in total. The van der Waals surface area contributed by atoms with Gasteiger partial charge in [-0.2, -0.15) is 0 Å². The van der Waals surface area contributed by atoms with Gasteiger partial charge in [0.2, 0.25) is 0 Å². The van der Waals surface area contributed by atoms with E-state index in [0.717, 1.165) is 18.8 Å². The molecule has 0 radical (unpaired) electrons. The Labute approximate surface area is 98.4 Å². The van der Waals surface area contributed by atoms with Crippen LogP contribution in [-0.4, -0.2) is 13.1 Å². The Bertz CT molecular complexity index is 382. The van der Waals surface area contributed by atoms with E-state index >= 15 is 0 Å². The Balaban J connectivity index is 2.27. The lowest BCUT2D eigenvalue weighted by atomic mass is 9.84. The largest absolute Gasteiger partial charge is 0.398 e. The Hall–Kier alpha value is -1.18. The number of hydrogen-bond acceptors (Lipinski definition) is 2. The zero-order valence-electron chi connectivity index (χ0n) is 10.6. The molecule has 2 N–H and O–H groups in total. The zero-order valence-corrected chi connectivity index (χ0v) is 10.6. The Morgan fingerprint density at radius 3 is 2.75 bits per heavy atom. The SMILES string of the molecule is Cc1c(N)cccc1N1CCCC(C)(C)C1. The van der Waals surface area contributed by atoms with Gasteiger partial charge < -0.3 is 10.6 Å². The van der Waals surface area contributed by atoms with Gasteiger partial charge in [-0.15, -0.1) is 0 Å². The van der Waals surface area contributed by atoms with E-state index in [2.05, 4.69) is 37.8 Å².